The van der Waals surface area contributed by atoms with Gasteiger partial charge in [0.05, 0.1) is 19.3 Å². The van der Waals surface area contributed by atoms with Crippen LogP contribution in [0.1, 0.15) is 24.8 Å². The van der Waals surface area contributed by atoms with Gasteiger partial charge in [-0.05, 0) is 31.0 Å². The molecule has 6 nitrogen and oxygen atoms in total. The molecule has 3 heterocycles. The third kappa shape index (κ3) is 5.77. The van der Waals surface area contributed by atoms with Crippen LogP contribution in [-0.4, -0.2) is 49.8 Å². The Morgan fingerprint density at radius 3 is 2.71 bits per heavy atom. The molecule has 2 saturated heterocycles. The molecule has 0 aromatic carbocycles. The Kier molecular flexibility index (Phi) is 9.36. The van der Waals surface area contributed by atoms with Gasteiger partial charge in [-0.2, -0.15) is 0 Å². The summed E-state index contributed by atoms with van der Waals surface area (Å²) in [5.74, 6) is 1.07. The van der Waals surface area contributed by atoms with E-state index in [4.69, 9.17) is 4.74 Å². The van der Waals surface area contributed by atoms with Crippen LogP contribution in [0.2, 0.25) is 0 Å². The van der Waals surface area contributed by atoms with Crippen LogP contribution in [0.3, 0.4) is 0 Å². The van der Waals surface area contributed by atoms with Crippen LogP contribution in [0.4, 0.5) is 5.82 Å². The van der Waals surface area contributed by atoms with Crippen molar-refractivity contribution in [2.75, 3.05) is 37.7 Å². The highest BCUT2D eigenvalue weighted by Gasteiger charge is 2.20. The van der Waals surface area contributed by atoms with E-state index in [0.29, 0.717) is 6.54 Å². The van der Waals surface area contributed by atoms with Crippen LogP contribution in [0, 0.1) is 0 Å². The number of pyridine rings is 1. The predicted octanol–water partition coefficient (Wildman–Crippen LogP) is 1.52. The number of anilines is 1. The van der Waals surface area contributed by atoms with Crippen molar-refractivity contribution >= 4 is 36.5 Å². The number of halogens is 2. The van der Waals surface area contributed by atoms with Crippen molar-refractivity contribution in [3.63, 3.8) is 0 Å². The zero-order valence-corrected chi connectivity index (χ0v) is 15.3. The van der Waals surface area contributed by atoms with E-state index in [1.807, 2.05) is 18.3 Å². The molecule has 0 spiro atoms. The highest BCUT2D eigenvalue weighted by molar-refractivity contribution is 5.85. The Bertz CT molecular complexity index is 489. The molecule has 136 valence electrons. The van der Waals surface area contributed by atoms with Crippen molar-refractivity contribution in [3.8, 4) is 0 Å². The zero-order chi connectivity index (χ0) is 15.2. The van der Waals surface area contributed by atoms with Crippen molar-refractivity contribution < 1.29 is 9.53 Å². The molecule has 1 atom stereocenters. The zero-order valence-electron chi connectivity index (χ0n) is 13.7. The fourth-order valence-electron chi connectivity index (χ4n) is 2.89. The normalized spacial score (nSPS) is 20.5. The number of nitrogens with zero attached hydrogens (tertiary/aromatic N) is 2. The molecule has 1 aromatic heterocycles. The minimum absolute atomic E-state index is 0. The van der Waals surface area contributed by atoms with Crippen molar-refractivity contribution in [2.45, 2.75) is 31.8 Å². The number of amides is 1. The Morgan fingerprint density at radius 2 is 2.08 bits per heavy atom. The molecule has 0 saturated carbocycles. The van der Waals surface area contributed by atoms with Gasteiger partial charge >= 0.3 is 0 Å². The Hall–Kier alpha value is -1.08. The van der Waals surface area contributed by atoms with Crippen molar-refractivity contribution in [3.05, 3.63) is 23.9 Å². The monoisotopic (exact) mass is 376 g/mol. The molecule has 2 fully saturated rings. The second kappa shape index (κ2) is 10.7. The molecule has 3 rings (SSSR count). The summed E-state index contributed by atoms with van der Waals surface area (Å²) in [4.78, 5) is 18.8. The van der Waals surface area contributed by atoms with Crippen molar-refractivity contribution in [1.82, 2.24) is 15.6 Å². The quantitative estimate of drug-likeness (QED) is 0.833. The maximum absolute atomic E-state index is 12.1. The first-order valence-electron chi connectivity index (χ1n) is 8.11. The fraction of sp³-hybridized carbons (Fsp3) is 0.625. The number of aromatic nitrogens is 1. The highest BCUT2D eigenvalue weighted by Crippen LogP contribution is 2.13. The molecular formula is C16H26Cl2N4O2. The van der Waals surface area contributed by atoms with E-state index in [0.717, 1.165) is 63.5 Å². The van der Waals surface area contributed by atoms with Gasteiger partial charge in [0.1, 0.15) is 5.82 Å². The number of carbonyl (C=O) groups is 1. The summed E-state index contributed by atoms with van der Waals surface area (Å²) < 4.78 is 5.34. The largest absolute Gasteiger partial charge is 0.378 e. The Morgan fingerprint density at radius 1 is 1.29 bits per heavy atom. The average molecular weight is 377 g/mol. The van der Waals surface area contributed by atoms with Gasteiger partial charge in [-0.25, -0.2) is 4.98 Å². The average Bonchev–Trinajstić information content (AvgIpc) is 2.61. The summed E-state index contributed by atoms with van der Waals surface area (Å²) in [6.07, 6.45) is 5.07. The van der Waals surface area contributed by atoms with E-state index in [9.17, 15) is 4.79 Å². The maximum atomic E-state index is 12.1. The molecule has 1 amide bonds. The molecular weight excluding hydrogens is 351 g/mol. The van der Waals surface area contributed by atoms with Crippen molar-refractivity contribution in [2.24, 2.45) is 0 Å². The van der Waals surface area contributed by atoms with Crippen molar-refractivity contribution in [1.29, 1.82) is 0 Å². The smallest absolute Gasteiger partial charge is 0.237 e. The van der Waals surface area contributed by atoms with Crippen LogP contribution in [0.5, 0.6) is 0 Å². The lowest BCUT2D eigenvalue weighted by Gasteiger charge is -2.27. The molecule has 2 N–H and O–H groups in total. The second-order valence-electron chi connectivity index (χ2n) is 5.84. The second-order valence-corrected chi connectivity index (χ2v) is 5.84. The molecule has 24 heavy (non-hydrogen) atoms. The van der Waals surface area contributed by atoms with Crippen LogP contribution >= 0.6 is 24.8 Å². The number of rotatable bonds is 4. The standard InChI is InChI=1S/C16H24N4O2.2ClH/c21-16(14-3-1-2-6-17-14)19-12-13-4-5-15(18-11-13)20-7-9-22-10-8-20;;/h4-5,11,14,17H,1-3,6-10,12H2,(H,19,21);2*1H/t14-;;/m1../s1. The first-order valence-corrected chi connectivity index (χ1v) is 8.11. The highest BCUT2D eigenvalue weighted by atomic mass is 35.5. The fourth-order valence-corrected chi connectivity index (χ4v) is 2.89. The van der Waals surface area contributed by atoms with E-state index >= 15 is 0 Å². The molecule has 2 aliphatic heterocycles. The summed E-state index contributed by atoms with van der Waals surface area (Å²) in [6, 6.07) is 4.02. The van der Waals surface area contributed by atoms with Crippen LogP contribution in [0.25, 0.3) is 0 Å². The summed E-state index contributed by atoms with van der Waals surface area (Å²) >= 11 is 0. The Labute approximate surface area is 155 Å². The van der Waals surface area contributed by atoms with E-state index < -0.39 is 0 Å². The lowest BCUT2D eigenvalue weighted by Crippen LogP contribution is -2.46. The molecule has 2 aliphatic rings. The molecule has 0 unspecified atom stereocenters. The van der Waals surface area contributed by atoms with Gasteiger partial charge in [-0.3, -0.25) is 4.79 Å². The van der Waals surface area contributed by atoms with Gasteiger partial charge in [0.25, 0.3) is 0 Å². The predicted molar refractivity (Wildman–Crippen MR) is 99.3 cm³/mol. The number of ether oxygens (including phenoxy) is 1. The van der Waals surface area contributed by atoms with Gasteiger partial charge in [-0.1, -0.05) is 12.5 Å². The minimum Gasteiger partial charge on any atom is -0.378 e. The minimum atomic E-state index is -0.0330. The lowest BCUT2D eigenvalue weighted by atomic mass is 10.0. The Balaban J connectivity index is 0.00000144. The summed E-state index contributed by atoms with van der Waals surface area (Å²) in [5, 5.41) is 6.25. The summed E-state index contributed by atoms with van der Waals surface area (Å²) in [6.45, 7) is 4.76. The summed E-state index contributed by atoms with van der Waals surface area (Å²) in [7, 11) is 0. The number of hydrogen-bond acceptors (Lipinski definition) is 5. The van der Waals surface area contributed by atoms with E-state index in [1.54, 1.807) is 0 Å². The van der Waals surface area contributed by atoms with Crippen LogP contribution in [0.15, 0.2) is 18.3 Å². The number of morpholine rings is 1. The topological polar surface area (TPSA) is 66.5 Å². The number of hydrogen-bond donors (Lipinski definition) is 2. The lowest BCUT2D eigenvalue weighted by molar-refractivity contribution is -0.123. The maximum Gasteiger partial charge on any atom is 0.237 e. The van der Waals surface area contributed by atoms with E-state index in [2.05, 4.69) is 20.5 Å². The molecule has 0 aliphatic carbocycles. The van der Waals surface area contributed by atoms with Gasteiger partial charge in [0, 0.05) is 25.8 Å². The SMILES string of the molecule is Cl.Cl.O=C(NCc1ccc(N2CCOCC2)nc1)[C@H]1CCCCN1. The number of nitrogens with one attached hydrogen (secondary N) is 2. The molecule has 1 aromatic rings. The summed E-state index contributed by atoms with van der Waals surface area (Å²) in [5.41, 5.74) is 1.03. The van der Waals surface area contributed by atoms with Crippen LogP contribution < -0.4 is 15.5 Å². The number of carbonyl (C=O) groups excluding carboxylic acids is 1. The van der Waals surface area contributed by atoms with Gasteiger partial charge < -0.3 is 20.3 Å². The van der Waals surface area contributed by atoms with E-state index in [-0.39, 0.29) is 36.8 Å². The first-order chi connectivity index (χ1) is 10.8. The third-order valence-corrected chi connectivity index (χ3v) is 4.24. The van der Waals surface area contributed by atoms with Gasteiger partial charge in [-0.15, -0.1) is 24.8 Å². The molecule has 8 heteroatoms. The van der Waals surface area contributed by atoms with Gasteiger partial charge in [0.15, 0.2) is 0 Å². The molecule has 0 bridgehead atoms. The van der Waals surface area contributed by atoms with E-state index in [1.165, 1.54) is 0 Å². The number of piperidine rings is 1. The first kappa shape index (κ1) is 21.0. The third-order valence-electron chi connectivity index (χ3n) is 4.24. The van der Waals surface area contributed by atoms with Gasteiger partial charge in [0.2, 0.25) is 5.91 Å². The van der Waals surface area contributed by atoms with Crippen LogP contribution in [-0.2, 0) is 16.1 Å². The molecule has 0 radical (unpaired) electrons.